The van der Waals surface area contributed by atoms with Crippen LogP contribution in [0.25, 0.3) is 0 Å². The van der Waals surface area contributed by atoms with Crippen molar-refractivity contribution in [2.45, 2.75) is 47.1 Å². The summed E-state index contributed by atoms with van der Waals surface area (Å²) in [6.07, 6.45) is 0.759. The molecular formula is C15H22N4O2. The Hall–Kier alpha value is -1.98. The van der Waals surface area contributed by atoms with Gasteiger partial charge in [0.2, 0.25) is 11.8 Å². The van der Waals surface area contributed by atoms with Gasteiger partial charge >= 0.3 is 0 Å². The Morgan fingerprint density at radius 2 is 1.86 bits per heavy atom. The van der Waals surface area contributed by atoms with Gasteiger partial charge in [0.15, 0.2) is 5.82 Å². The molecule has 1 saturated heterocycles. The fourth-order valence-electron chi connectivity index (χ4n) is 2.50. The first kappa shape index (κ1) is 15.4. The van der Waals surface area contributed by atoms with Gasteiger partial charge in [0.1, 0.15) is 5.82 Å². The Kier molecular flexibility index (Phi) is 4.25. The number of aryl methyl sites for hydroxylation is 1. The molecule has 1 N–H and O–H groups in total. The van der Waals surface area contributed by atoms with Crippen molar-refractivity contribution >= 4 is 17.6 Å². The molecule has 1 fully saturated rings. The quantitative estimate of drug-likeness (QED) is 0.857. The van der Waals surface area contributed by atoms with E-state index in [1.165, 1.54) is 4.90 Å². The fourth-order valence-corrected chi connectivity index (χ4v) is 2.50. The Bertz CT molecular complexity index is 549. The molecule has 0 bridgehead atoms. The van der Waals surface area contributed by atoms with Crippen molar-refractivity contribution in [1.29, 1.82) is 0 Å². The first-order valence-corrected chi connectivity index (χ1v) is 7.22. The highest BCUT2D eigenvalue weighted by atomic mass is 16.2. The molecule has 114 valence electrons. The predicted octanol–water partition coefficient (Wildman–Crippen LogP) is 1.89. The number of hydrogen-bond donors (Lipinski definition) is 1. The van der Waals surface area contributed by atoms with Gasteiger partial charge in [-0.3, -0.25) is 14.5 Å². The van der Waals surface area contributed by atoms with Crippen LogP contribution in [-0.2, 0) is 16.1 Å². The van der Waals surface area contributed by atoms with Crippen LogP contribution in [0, 0.1) is 12.3 Å². The first-order chi connectivity index (χ1) is 9.80. The van der Waals surface area contributed by atoms with Crippen LogP contribution in [0.2, 0.25) is 0 Å². The number of nitrogens with one attached hydrogen (secondary N) is 1. The number of rotatable bonds is 4. The number of piperidine rings is 1. The summed E-state index contributed by atoms with van der Waals surface area (Å²) in [5.74, 6) is 0.919. The Labute approximate surface area is 125 Å². The second-order valence-electron chi connectivity index (χ2n) is 6.23. The van der Waals surface area contributed by atoms with Crippen molar-refractivity contribution in [2.24, 2.45) is 5.41 Å². The molecule has 1 aromatic heterocycles. The van der Waals surface area contributed by atoms with Gasteiger partial charge in [0.25, 0.3) is 0 Å². The SMILES string of the molecule is CCNc1cc(C)nc(CN2C(=O)CC(C)(C)CC2=O)n1. The monoisotopic (exact) mass is 290 g/mol. The van der Waals surface area contributed by atoms with Gasteiger partial charge in [0.05, 0.1) is 6.54 Å². The molecular weight excluding hydrogens is 268 g/mol. The lowest BCUT2D eigenvalue weighted by Gasteiger charge is -2.34. The average molecular weight is 290 g/mol. The lowest BCUT2D eigenvalue weighted by molar-refractivity contribution is -0.153. The van der Waals surface area contributed by atoms with E-state index in [0.29, 0.717) is 18.7 Å². The fraction of sp³-hybridized carbons (Fsp3) is 0.600. The molecule has 0 unspecified atom stereocenters. The molecule has 6 nitrogen and oxygen atoms in total. The van der Waals surface area contributed by atoms with Crippen LogP contribution in [0.4, 0.5) is 5.82 Å². The summed E-state index contributed by atoms with van der Waals surface area (Å²) < 4.78 is 0. The second-order valence-corrected chi connectivity index (χ2v) is 6.23. The van der Waals surface area contributed by atoms with Gasteiger partial charge in [-0.2, -0.15) is 0 Å². The zero-order valence-electron chi connectivity index (χ0n) is 13.1. The van der Waals surface area contributed by atoms with Gasteiger partial charge in [-0.15, -0.1) is 0 Å². The molecule has 2 heterocycles. The summed E-state index contributed by atoms with van der Waals surface area (Å²) in [5, 5.41) is 3.12. The van der Waals surface area contributed by atoms with Gasteiger partial charge < -0.3 is 5.32 Å². The summed E-state index contributed by atoms with van der Waals surface area (Å²) in [4.78, 5) is 34.3. The van der Waals surface area contributed by atoms with Gasteiger partial charge in [-0.1, -0.05) is 13.8 Å². The van der Waals surface area contributed by atoms with E-state index >= 15 is 0 Å². The van der Waals surface area contributed by atoms with E-state index in [4.69, 9.17) is 0 Å². The third kappa shape index (κ3) is 3.77. The largest absolute Gasteiger partial charge is 0.370 e. The topological polar surface area (TPSA) is 75.2 Å². The molecule has 21 heavy (non-hydrogen) atoms. The zero-order valence-corrected chi connectivity index (χ0v) is 13.1. The van der Waals surface area contributed by atoms with E-state index in [0.717, 1.165) is 18.1 Å². The van der Waals surface area contributed by atoms with Crippen LogP contribution in [-0.4, -0.2) is 33.2 Å². The van der Waals surface area contributed by atoms with Gasteiger partial charge in [-0.25, -0.2) is 9.97 Å². The van der Waals surface area contributed by atoms with E-state index < -0.39 is 0 Å². The van der Waals surface area contributed by atoms with Gasteiger partial charge in [-0.05, 0) is 19.3 Å². The highest BCUT2D eigenvalue weighted by Crippen LogP contribution is 2.31. The number of imide groups is 1. The lowest BCUT2D eigenvalue weighted by Crippen LogP contribution is -2.45. The number of likely N-dealkylation sites (tertiary alicyclic amines) is 1. The lowest BCUT2D eigenvalue weighted by atomic mass is 9.82. The Morgan fingerprint density at radius 3 is 2.43 bits per heavy atom. The number of hydrogen-bond acceptors (Lipinski definition) is 5. The van der Waals surface area contributed by atoms with Crippen molar-refractivity contribution in [1.82, 2.24) is 14.9 Å². The summed E-state index contributed by atoms with van der Waals surface area (Å²) in [6.45, 7) is 8.63. The number of aromatic nitrogens is 2. The standard InChI is InChI=1S/C15H22N4O2/c1-5-16-11-6-10(2)17-12(18-11)9-19-13(20)7-15(3,4)8-14(19)21/h6H,5,7-9H2,1-4H3,(H,16,17,18). The van der Waals surface area contributed by atoms with Crippen LogP contribution in [0.3, 0.4) is 0 Å². The molecule has 1 aliphatic heterocycles. The normalized spacial score (nSPS) is 18.0. The third-order valence-corrected chi connectivity index (χ3v) is 3.42. The molecule has 0 spiro atoms. The van der Waals surface area contributed by atoms with Gasteiger partial charge in [0, 0.05) is 31.1 Å². The molecule has 2 amide bonds. The van der Waals surface area contributed by atoms with Crippen molar-refractivity contribution in [3.8, 4) is 0 Å². The molecule has 0 radical (unpaired) electrons. The number of anilines is 1. The number of nitrogens with zero attached hydrogens (tertiary/aromatic N) is 3. The maximum absolute atomic E-state index is 12.2. The summed E-state index contributed by atoms with van der Waals surface area (Å²) in [7, 11) is 0. The predicted molar refractivity (Wildman–Crippen MR) is 79.5 cm³/mol. The first-order valence-electron chi connectivity index (χ1n) is 7.22. The highest BCUT2D eigenvalue weighted by molar-refractivity contribution is 5.98. The van der Waals surface area contributed by atoms with Crippen molar-refractivity contribution in [3.63, 3.8) is 0 Å². The van der Waals surface area contributed by atoms with E-state index in [-0.39, 0.29) is 23.8 Å². The van der Waals surface area contributed by atoms with E-state index in [1.54, 1.807) is 0 Å². The van der Waals surface area contributed by atoms with Crippen molar-refractivity contribution < 1.29 is 9.59 Å². The zero-order chi connectivity index (χ0) is 15.6. The van der Waals surface area contributed by atoms with Crippen LogP contribution in [0.1, 0.15) is 45.1 Å². The molecule has 0 aromatic carbocycles. The summed E-state index contributed by atoms with van der Waals surface area (Å²) in [5.41, 5.74) is 0.556. The molecule has 2 rings (SSSR count). The summed E-state index contributed by atoms with van der Waals surface area (Å²) >= 11 is 0. The number of carbonyl (C=O) groups excluding carboxylic acids is 2. The minimum absolute atomic E-state index is 0.147. The molecule has 6 heteroatoms. The minimum Gasteiger partial charge on any atom is -0.370 e. The molecule has 0 saturated carbocycles. The van der Waals surface area contributed by atoms with E-state index in [2.05, 4.69) is 15.3 Å². The summed E-state index contributed by atoms with van der Waals surface area (Å²) in [6, 6.07) is 1.84. The molecule has 1 aliphatic rings. The van der Waals surface area contributed by atoms with Crippen molar-refractivity contribution in [2.75, 3.05) is 11.9 Å². The molecule has 1 aromatic rings. The third-order valence-electron chi connectivity index (χ3n) is 3.42. The molecule has 0 aliphatic carbocycles. The number of amides is 2. The van der Waals surface area contributed by atoms with Crippen molar-refractivity contribution in [3.05, 3.63) is 17.6 Å². The van der Waals surface area contributed by atoms with Crippen LogP contribution in [0.15, 0.2) is 6.07 Å². The van der Waals surface area contributed by atoms with Crippen LogP contribution < -0.4 is 5.32 Å². The van der Waals surface area contributed by atoms with E-state index in [1.807, 2.05) is 33.8 Å². The maximum atomic E-state index is 12.2. The minimum atomic E-state index is -0.257. The van der Waals surface area contributed by atoms with Crippen LogP contribution in [0.5, 0.6) is 0 Å². The highest BCUT2D eigenvalue weighted by Gasteiger charge is 2.37. The number of carbonyl (C=O) groups is 2. The maximum Gasteiger partial charge on any atom is 0.230 e. The molecule has 0 atom stereocenters. The smallest absolute Gasteiger partial charge is 0.230 e. The second kappa shape index (κ2) is 5.79. The van der Waals surface area contributed by atoms with Crippen LogP contribution >= 0.6 is 0 Å². The Balaban J connectivity index is 2.18. The average Bonchev–Trinajstić information content (AvgIpc) is 2.32. The Morgan fingerprint density at radius 1 is 1.24 bits per heavy atom. The van der Waals surface area contributed by atoms with E-state index in [9.17, 15) is 9.59 Å².